The zero-order valence-corrected chi connectivity index (χ0v) is 12.9. The molecule has 0 aliphatic rings. The highest BCUT2D eigenvalue weighted by Crippen LogP contribution is 2.34. The summed E-state index contributed by atoms with van der Waals surface area (Å²) in [6.07, 6.45) is -4.16. The molecule has 120 valence electrons. The quantitative estimate of drug-likeness (QED) is 0.859. The molecule has 1 amide bonds. The lowest BCUT2D eigenvalue weighted by Crippen LogP contribution is -2.44. The Balaban J connectivity index is 3.27. The molecule has 0 N–H and O–H groups in total. The number of hydrogen-bond donors (Lipinski definition) is 0. The van der Waals surface area contributed by atoms with Crippen LogP contribution in [0.1, 0.15) is 24.5 Å². The molecule has 0 aliphatic heterocycles. The molecule has 7 heteroatoms. The van der Waals surface area contributed by atoms with Crippen molar-refractivity contribution in [1.29, 1.82) is 5.26 Å². The van der Waals surface area contributed by atoms with E-state index in [9.17, 15) is 18.0 Å². The van der Waals surface area contributed by atoms with Crippen LogP contribution in [0.5, 0.6) is 0 Å². The number of benzene rings is 1. The number of amides is 1. The van der Waals surface area contributed by atoms with Crippen LogP contribution in [-0.4, -0.2) is 38.0 Å². The lowest BCUT2D eigenvalue weighted by molar-refractivity contribution is -0.137. The first-order valence-electron chi connectivity index (χ1n) is 6.68. The number of nitriles is 1. The SMILES string of the molecule is CCC(C(=O)N(C)C)N(C)c1ccc(C#N)c(C(F)(F)F)c1. The van der Waals surface area contributed by atoms with Gasteiger partial charge in [0.05, 0.1) is 17.2 Å². The third-order valence-corrected chi connectivity index (χ3v) is 3.42. The van der Waals surface area contributed by atoms with Crippen molar-refractivity contribution in [2.75, 3.05) is 26.0 Å². The van der Waals surface area contributed by atoms with Gasteiger partial charge in [-0.3, -0.25) is 4.79 Å². The molecular formula is C15H18F3N3O. The average molecular weight is 313 g/mol. The summed E-state index contributed by atoms with van der Waals surface area (Å²) in [7, 11) is 4.76. The van der Waals surface area contributed by atoms with Crippen LogP contribution >= 0.6 is 0 Å². The van der Waals surface area contributed by atoms with E-state index in [4.69, 9.17) is 5.26 Å². The van der Waals surface area contributed by atoms with Crippen LogP contribution in [0.4, 0.5) is 18.9 Å². The molecule has 0 fully saturated rings. The molecule has 22 heavy (non-hydrogen) atoms. The molecule has 0 heterocycles. The minimum atomic E-state index is -4.62. The van der Waals surface area contributed by atoms with Gasteiger partial charge < -0.3 is 9.80 Å². The van der Waals surface area contributed by atoms with Crippen molar-refractivity contribution >= 4 is 11.6 Å². The highest BCUT2D eigenvalue weighted by atomic mass is 19.4. The van der Waals surface area contributed by atoms with E-state index in [1.165, 1.54) is 21.9 Å². The summed E-state index contributed by atoms with van der Waals surface area (Å²) in [5.74, 6) is -0.192. The third-order valence-electron chi connectivity index (χ3n) is 3.42. The summed E-state index contributed by atoms with van der Waals surface area (Å²) in [5.41, 5.74) is -1.18. The minimum absolute atomic E-state index is 0.192. The number of hydrogen-bond acceptors (Lipinski definition) is 3. The maximum absolute atomic E-state index is 13.0. The van der Waals surface area contributed by atoms with E-state index in [2.05, 4.69) is 0 Å². The fourth-order valence-corrected chi connectivity index (χ4v) is 2.18. The number of carbonyl (C=O) groups is 1. The topological polar surface area (TPSA) is 47.3 Å². The van der Waals surface area contributed by atoms with Crippen molar-refractivity contribution in [3.8, 4) is 6.07 Å². The number of anilines is 1. The van der Waals surface area contributed by atoms with E-state index in [1.807, 2.05) is 0 Å². The second kappa shape index (κ2) is 6.69. The normalized spacial score (nSPS) is 12.5. The maximum Gasteiger partial charge on any atom is 0.417 e. The van der Waals surface area contributed by atoms with Crippen molar-refractivity contribution in [3.05, 3.63) is 29.3 Å². The maximum atomic E-state index is 13.0. The van der Waals surface area contributed by atoms with Crippen LogP contribution < -0.4 is 4.90 Å². The highest BCUT2D eigenvalue weighted by Gasteiger charge is 2.34. The molecule has 0 bridgehead atoms. The fourth-order valence-electron chi connectivity index (χ4n) is 2.18. The lowest BCUT2D eigenvalue weighted by atomic mass is 10.0. The Morgan fingerprint density at radius 2 is 1.91 bits per heavy atom. The van der Waals surface area contributed by atoms with Crippen LogP contribution in [0.2, 0.25) is 0 Å². The second-order valence-electron chi connectivity index (χ2n) is 5.11. The van der Waals surface area contributed by atoms with Gasteiger partial charge in [0.25, 0.3) is 0 Å². The van der Waals surface area contributed by atoms with Gasteiger partial charge in [-0.05, 0) is 24.6 Å². The zero-order valence-electron chi connectivity index (χ0n) is 12.9. The van der Waals surface area contributed by atoms with Gasteiger partial charge in [0.1, 0.15) is 6.04 Å². The van der Waals surface area contributed by atoms with E-state index < -0.39 is 23.3 Å². The summed E-state index contributed by atoms with van der Waals surface area (Å²) in [5, 5.41) is 8.80. The van der Waals surface area contributed by atoms with Crippen molar-refractivity contribution in [3.63, 3.8) is 0 Å². The summed E-state index contributed by atoms with van der Waals surface area (Å²) in [4.78, 5) is 15.0. The van der Waals surface area contributed by atoms with Crippen LogP contribution in [0.25, 0.3) is 0 Å². The first-order valence-corrected chi connectivity index (χ1v) is 6.68. The molecule has 1 aromatic rings. The monoisotopic (exact) mass is 313 g/mol. The highest BCUT2D eigenvalue weighted by molar-refractivity contribution is 5.84. The second-order valence-corrected chi connectivity index (χ2v) is 5.11. The zero-order chi connectivity index (χ0) is 17.1. The molecule has 0 saturated carbocycles. The first-order chi connectivity index (χ1) is 10.1. The van der Waals surface area contributed by atoms with Gasteiger partial charge in [0.15, 0.2) is 0 Å². The van der Waals surface area contributed by atoms with Crippen LogP contribution in [-0.2, 0) is 11.0 Å². The first kappa shape index (κ1) is 17.8. The summed E-state index contributed by atoms with van der Waals surface area (Å²) in [6.45, 7) is 1.79. The van der Waals surface area contributed by atoms with E-state index in [0.717, 1.165) is 12.1 Å². The predicted octanol–water partition coefficient (Wildman–Crippen LogP) is 2.88. The Labute approximate surface area is 127 Å². The van der Waals surface area contributed by atoms with Crippen molar-refractivity contribution < 1.29 is 18.0 Å². The molecular weight excluding hydrogens is 295 g/mol. The molecule has 4 nitrogen and oxygen atoms in total. The molecule has 1 rings (SSSR count). The fraction of sp³-hybridized carbons (Fsp3) is 0.467. The molecule has 1 atom stereocenters. The lowest BCUT2D eigenvalue weighted by Gasteiger charge is -2.30. The summed E-state index contributed by atoms with van der Waals surface area (Å²) >= 11 is 0. The van der Waals surface area contributed by atoms with Gasteiger partial charge in [-0.15, -0.1) is 0 Å². The van der Waals surface area contributed by atoms with Crippen LogP contribution in [0.3, 0.4) is 0 Å². The van der Waals surface area contributed by atoms with E-state index in [1.54, 1.807) is 28.1 Å². The van der Waals surface area contributed by atoms with Gasteiger partial charge in [0.2, 0.25) is 5.91 Å². The molecule has 1 unspecified atom stereocenters. The Bertz CT molecular complexity index is 591. The molecule has 0 radical (unpaired) electrons. The molecule has 0 spiro atoms. The molecule has 0 saturated heterocycles. The molecule has 1 aromatic carbocycles. The Kier molecular flexibility index (Phi) is 5.42. The summed E-state index contributed by atoms with van der Waals surface area (Å²) < 4.78 is 39.0. The van der Waals surface area contributed by atoms with Gasteiger partial charge >= 0.3 is 6.18 Å². The van der Waals surface area contributed by atoms with E-state index in [0.29, 0.717) is 6.42 Å². The van der Waals surface area contributed by atoms with Crippen molar-refractivity contribution in [1.82, 2.24) is 4.90 Å². The Morgan fingerprint density at radius 1 is 1.32 bits per heavy atom. The number of alkyl halides is 3. The standard InChI is InChI=1S/C15H18F3N3O/c1-5-13(14(22)20(2)3)21(4)11-7-6-10(9-19)12(8-11)15(16,17)18/h6-8,13H,5H2,1-4H3. The van der Waals surface area contributed by atoms with E-state index in [-0.39, 0.29) is 11.6 Å². The van der Waals surface area contributed by atoms with Crippen LogP contribution in [0.15, 0.2) is 18.2 Å². The van der Waals surface area contributed by atoms with E-state index >= 15 is 0 Å². The van der Waals surface area contributed by atoms with Gasteiger partial charge in [-0.2, -0.15) is 18.4 Å². The Hall–Kier alpha value is -2.23. The smallest absolute Gasteiger partial charge is 0.363 e. The van der Waals surface area contributed by atoms with Gasteiger partial charge in [-0.25, -0.2) is 0 Å². The van der Waals surface area contributed by atoms with Crippen molar-refractivity contribution in [2.45, 2.75) is 25.6 Å². The number of carbonyl (C=O) groups excluding carboxylic acids is 1. The Morgan fingerprint density at radius 3 is 2.32 bits per heavy atom. The number of halogens is 3. The number of nitrogens with zero attached hydrogens (tertiary/aromatic N) is 3. The van der Waals surface area contributed by atoms with Gasteiger partial charge in [0, 0.05) is 26.8 Å². The van der Waals surface area contributed by atoms with Crippen molar-refractivity contribution in [2.24, 2.45) is 0 Å². The molecule has 0 aliphatic carbocycles. The largest absolute Gasteiger partial charge is 0.417 e. The molecule has 0 aromatic heterocycles. The van der Waals surface area contributed by atoms with Crippen LogP contribution in [0, 0.1) is 11.3 Å². The minimum Gasteiger partial charge on any atom is -0.363 e. The van der Waals surface area contributed by atoms with Gasteiger partial charge in [-0.1, -0.05) is 6.92 Å². The average Bonchev–Trinajstić information content (AvgIpc) is 2.45. The predicted molar refractivity (Wildman–Crippen MR) is 77.3 cm³/mol. The number of likely N-dealkylation sites (N-methyl/N-ethyl adjacent to an activating group) is 2. The third kappa shape index (κ3) is 3.70. The number of rotatable bonds is 4. The summed E-state index contributed by atoms with van der Waals surface area (Å²) in [6, 6.07) is 4.42.